The number of nitrogens with zero attached hydrogens (tertiary/aromatic N) is 4. The molecular weight excluding hydrogens is 606 g/mol. The Morgan fingerprint density at radius 3 is 2.52 bits per heavy atom. The Balaban J connectivity index is 1.32. The summed E-state index contributed by atoms with van der Waals surface area (Å²) in [5, 5.41) is 4.18. The summed E-state index contributed by atoms with van der Waals surface area (Å²) in [4.78, 5) is 37.8. The molecule has 0 bridgehead atoms. The van der Waals surface area contributed by atoms with E-state index in [1.165, 1.54) is 6.33 Å². The van der Waals surface area contributed by atoms with Crippen molar-refractivity contribution in [2.24, 2.45) is 0 Å². The number of fused-ring (bicyclic) bond motifs is 1. The number of benzene rings is 2. The van der Waals surface area contributed by atoms with Crippen molar-refractivity contribution in [2.75, 3.05) is 65.0 Å². The number of hydrogen-bond donors (Lipinski definition) is 1. The molecular formula is C30H38BrN5O6. The summed E-state index contributed by atoms with van der Waals surface area (Å²) < 4.78 is 23.0. The standard InChI is InChI=1S/C30H38BrN5O6/c1-4-40-28(37)19-25(30(38)41-5-2)36-13-11-35(12-14-36)10-7-15-42-27-17-23-24(18-26(27)39-3)32-20-33-29(23)34-22-9-6-8-21(31)16-22/h6,8-9,16-18,20,25H,4-5,7,10-15,19H2,1-3H3,(H,32,33,34). The minimum absolute atomic E-state index is 0.000720. The Morgan fingerprint density at radius 2 is 1.81 bits per heavy atom. The second-order valence-electron chi connectivity index (χ2n) is 9.73. The third-order valence-corrected chi connectivity index (χ3v) is 7.45. The van der Waals surface area contributed by atoms with Gasteiger partial charge in [0.25, 0.3) is 0 Å². The Kier molecular flexibility index (Phi) is 11.7. The first-order chi connectivity index (χ1) is 20.4. The van der Waals surface area contributed by atoms with Crippen LogP contribution in [-0.4, -0.2) is 97.4 Å². The zero-order valence-corrected chi connectivity index (χ0v) is 25.9. The Hall–Kier alpha value is -3.48. The third-order valence-electron chi connectivity index (χ3n) is 6.96. The van der Waals surface area contributed by atoms with E-state index < -0.39 is 6.04 Å². The summed E-state index contributed by atoms with van der Waals surface area (Å²) >= 11 is 3.50. The third kappa shape index (κ3) is 8.52. The van der Waals surface area contributed by atoms with E-state index in [1.54, 1.807) is 21.0 Å². The van der Waals surface area contributed by atoms with Crippen molar-refractivity contribution >= 4 is 50.3 Å². The number of anilines is 2. The van der Waals surface area contributed by atoms with Crippen molar-refractivity contribution in [1.29, 1.82) is 0 Å². The highest BCUT2D eigenvalue weighted by Crippen LogP contribution is 2.35. The van der Waals surface area contributed by atoms with Crippen molar-refractivity contribution in [1.82, 2.24) is 19.8 Å². The number of piperazine rings is 1. The lowest BCUT2D eigenvalue weighted by molar-refractivity contribution is -0.157. The molecule has 0 radical (unpaired) electrons. The Morgan fingerprint density at radius 1 is 1.02 bits per heavy atom. The molecule has 1 aromatic heterocycles. The van der Waals surface area contributed by atoms with E-state index in [4.69, 9.17) is 18.9 Å². The van der Waals surface area contributed by atoms with E-state index in [1.807, 2.05) is 41.3 Å². The number of rotatable bonds is 14. The van der Waals surface area contributed by atoms with E-state index in [2.05, 4.69) is 36.1 Å². The van der Waals surface area contributed by atoms with Crippen LogP contribution in [0.3, 0.4) is 0 Å². The molecule has 0 spiro atoms. The van der Waals surface area contributed by atoms with Crippen LogP contribution in [0.1, 0.15) is 26.7 Å². The fourth-order valence-corrected chi connectivity index (χ4v) is 5.28. The smallest absolute Gasteiger partial charge is 0.323 e. The number of ether oxygens (including phenoxy) is 4. The molecule has 1 aliphatic heterocycles. The van der Waals surface area contributed by atoms with E-state index in [9.17, 15) is 9.59 Å². The average molecular weight is 645 g/mol. The Bertz CT molecular complexity index is 1350. The largest absolute Gasteiger partial charge is 0.493 e. The van der Waals surface area contributed by atoms with Crippen LogP contribution in [0, 0.1) is 0 Å². The highest BCUT2D eigenvalue weighted by Gasteiger charge is 2.32. The molecule has 12 heteroatoms. The van der Waals surface area contributed by atoms with Gasteiger partial charge >= 0.3 is 11.9 Å². The maximum Gasteiger partial charge on any atom is 0.323 e. The normalized spacial score (nSPS) is 14.8. The predicted octanol–water partition coefficient (Wildman–Crippen LogP) is 4.42. The highest BCUT2D eigenvalue weighted by atomic mass is 79.9. The van der Waals surface area contributed by atoms with Crippen LogP contribution in [0.2, 0.25) is 0 Å². The van der Waals surface area contributed by atoms with Crippen LogP contribution in [-0.2, 0) is 19.1 Å². The molecule has 42 heavy (non-hydrogen) atoms. The molecule has 1 N–H and O–H groups in total. The summed E-state index contributed by atoms with van der Waals surface area (Å²) in [7, 11) is 1.61. The first-order valence-corrected chi connectivity index (χ1v) is 15.0. The van der Waals surface area contributed by atoms with E-state index >= 15 is 0 Å². The molecule has 1 unspecified atom stereocenters. The van der Waals surface area contributed by atoms with Crippen molar-refractivity contribution in [3.05, 3.63) is 47.2 Å². The fraction of sp³-hybridized carbons (Fsp3) is 0.467. The van der Waals surface area contributed by atoms with Gasteiger partial charge < -0.3 is 29.2 Å². The van der Waals surface area contributed by atoms with Crippen LogP contribution < -0.4 is 14.8 Å². The number of aromatic nitrogens is 2. The van der Waals surface area contributed by atoms with Gasteiger partial charge in [0.2, 0.25) is 0 Å². The summed E-state index contributed by atoms with van der Waals surface area (Å²) in [6.45, 7) is 8.29. The monoisotopic (exact) mass is 643 g/mol. The molecule has 11 nitrogen and oxygen atoms in total. The maximum atomic E-state index is 12.5. The average Bonchev–Trinajstić information content (AvgIpc) is 2.98. The van der Waals surface area contributed by atoms with Gasteiger partial charge in [0.15, 0.2) is 11.5 Å². The van der Waals surface area contributed by atoms with Gasteiger partial charge in [-0.2, -0.15) is 0 Å². The first-order valence-electron chi connectivity index (χ1n) is 14.2. The van der Waals surface area contributed by atoms with Crippen LogP contribution in [0.4, 0.5) is 11.5 Å². The second kappa shape index (κ2) is 15.7. The molecule has 1 aliphatic rings. The van der Waals surface area contributed by atoms with Gasteiger partial charge in [0, 0.05) is 54.3 Å². The lowest BCUT2D eigenvalue weighted by Crippen LogP contribution is -2.53. The van der Waals surface area contributed by atoms with Crippen molar-refractivity contribution in [3.8, 4) is 11.5 Å². The van der Waals surface area contributed by atoms with Gasteiger partial charge in [-0.05, 0) is 44.5 Å². The first kappa shape index (κ1) is 31.5. The zero-order valence-electron chi connectivity index (χ0n) is 24.3. The quantitative estimate of drug-likeness (QED) is 0.199. The molecule has 2 aromatic carbocycles. The van der Waals surface area contributed by atoms with Gasteiger partial charge in [-0.15, -0.1) is 0 Å². The minimum atomic E-state index is -0.623. The molecule has 226 valence electrons. The number of carbonyl (C=O) groups is 2. The number of halogens is 1. The molecule has 4 rings (SSSR count). The number of carbonyl (C=O) groups excluding carboxylic acids is 2. The van der Waals surface area contributed by atoms with Gasteiger partial charge in [-0.25, -0.2) is 9.97 Å². The van der Waals surface area contributed by atoms with Gasteiger partial charge in [0.05, 0.1) is 38.9 Å². The van der Waals surface area contributed by atoms with Crippen LogP contribution >= 0.6 is 15.9 Å². The predicted molar refractivity (Wildman–Crippen MR) is 163 cm³/mol. The van der Waals surface area contributed by atoms with Crippen LogP contribution in [0.15, 0.2) is 47.2 Å². The lowest BCUT2D eigenvalue weighted by atomic mass is 10.1. The fourth-order valence-electron chi connectivity index (χ4n) is 4.89. The van der Waals surface area contributed by atoms with Crippen LogP contribution in [0.25, 0.3) is 10.9 Å². The molecule has 1 atom stereocenters. The van der Waals surface area contributed by atoms with Crippen molar-refractivity contribution < 1.29 is 28.5 Å². The molecule has 0 amide bonds. The zero-order chi connectivity index (χ0) is 29.9. The summed E-state index contributed by atoms with van der Waals surface area (Å²) in [6.07, 6.45) is 2.33. The Labute approximate surface area is 254 Å². The summed E-state index contributed by atoms with van der Waals surface area (Å²) in [5.41, 5.74) is 1.64. The topological polar surface area (TPSA) is 115 Å². The summed E-state index contributed by atoms with van der Waals surface area (Å²) in [5.74, 6) is 1.14. The lowest BCUT2D eigenvalue weighted by Gasteiger charge is -2.37. The van der Waals surface area contributed by atoms with Gasteiger partial charge in [-0.1, -0.05) is 22.0 Å². The molecule has 2 heterocycles. The van der Waals surface area contributed by atoms with E-state index in [0.717, 1.165) is 47.1 Å². The molecule has 0 aliphatic carbocycles. The highest BCUT2D eigenvalue weighted by molar-refractivity contribution is 9.10. The molecule has 1 saturated heterocycles. The summed E-state index contributed by atoms with van der Waals surface area (Å²) in [6, 6.07) is 11.0. The molecule has 0 saturated carbocycles. The van der Waals surface area contributed by atoms with E-state index in [0.29, 0.717) is 37.0 Å². The van der Waals surface area contributed by atoms with Crippen molar-refractivity contribution in [3.63, 3.8) is 0 Å². The maximum absolute atomic E-state index is 12.5. The number of nitrogens with one attached hydrogen (secondary N) is 1. The number of hydrogen-bond acceptors (Lipinski definition) is 11. The van der Waals surface area contributed by atoms with Gasteiger partial charge in [0.1, 0.15) is 18.2 Å². The van der Waals surface area contributed by atoms with E-state index in [-0.39, 0.29) is 31.6 Å². The van der Waals surface area contributed by atoms with Crippen LogP contribution in [0.5, 0.6) is 11.5 Å². The molecule has 3 aromatic rings. The minimum Gasteiger partial charge on any atom is -0.493 e. The van der Waals surface area contributed by atoms with Crippen molar-refractivity contribution in [2.45, 2.75) is 32.7 Å². The molecule has 1 fully saturated rings. The van der Waals surface area contributed by atoms with Gasteiger partial charge in [-0.3, -0.25) is 14.5 Å². The number of methoxy groups -OCH3 is 1. The second-order valence-corrected chi connectivity index (χ2v) is 10.7. The SMILES string of the molecule is CCOC(=O)CC(C(=O)OCC)N1CCN(CCCOc2cc3c(Nc4cccc(Br)c4)ncnc3cc2OC)CC1. The number of esters is 2.